The minimum absolute atomic E-state index is 0.186. The fourth-order valence-corrected chi connectivity index (χ4v) is 5.90. The molecule has 1 saturated heterocycles. The summed E-state index contributed by atoms with van der Waals surface area (Å²) >= 11 is 0. The van der Waals surface area contributed by atoms with Crippen LogP contribution in [-0.4, -0.2) is 19.0 Å². The first-order valence-electron chi connectivity index (χ1n) is 9.00. The van der Waals surface area contributed by atoms with E-state index in [9.17, 15) is 18.0 Å². The van der Waals surface area contributed by atoms with Crippen molar-refractivity contribution in [2.75, 3.05) is 18.0 Å². The Morgan fingerprint density at radius 3 is 2.72 bits per heavy atom. The van der Waals surface area contributed by atoms with E-state index in [0.717, 1.165) is 31.6 Å². The second kappa shape index (κ2) is 5.39. The predicted molar refractivity (Wildman–Crippen MR) is 89.2 cm³/mol. The van der Waals surface area contributed by atoms with Crippen molar-refractivity contribution in [1.29, 1.82) is 0 Å². The first-order chi connectivity index (χ1) is 11.7. The molecule has 3 nitrogen and oxygen atoms in total. The minimum atomic E-state index is -4.43. The number of alkyl halides is 3. The van der Waals surface area contributed by atoms with E-state index in [0.29, 0.717) is 23.4 Å². The zero-order chi connectivity index (χ0) is 18.0. The number of carbonyl (C=O) groups is 1. The van der Waals surface area contributed by atoms with Crippen LogP contribution in [0.2, 0.25) is 0 Å². The summed E-state index contributed by atoms with van der Waals surface area (Å²) in [7, 11) is 0. The summed E-state index contributed by atoms with van der Waals surface area (Å²) in [5, 5.41) is 0. The van der Waals surface area contributed by atoms with Gasteiger partial charge in [0.25, 0.3) is 5.91 Å². The van der Waals surface area contributed by atoms with Crippen LogP contribution in [0.5, 0.6) is 0 Å². The van der Waals surface area contributed by atoms with Crippen molar-refractivity contribution in [1.82, 2.24) is 0 Å². The van der Waals surface area contributed by atoms with Crippen molar-refractivity contribution >= 4 is 11.6 Å². The quantitative estimate of drug-likeness (QED) is 0.872. The Kier molecular flexibility index (Phi) is 3.61. The van der Waals surface area contributed by atoms with Crippen molar-refractivity contribution in [3.05, 3.63) is 29.3 Å². The van der Waals surface area contributed by atoms with Crippen LogP contribution in [0.25, 0.3) is 0 Å². The summed E-state index contributed by atoms with van der Waals surface area (Å²) in [5.74, 6) is 1.11. The molecule has 1 aromatic rings. The number of benzene rings is 1. The first-order valence-corrected chi connectivity index (χ1v) is 9.00. The Balaban J connectivity index is 1.71. The number of rotatable bonds is 2. The molecule has 4 atom stereocenters. The number of hydrogen-bond acceptors (Lipinski definition) is 2. The van der Waals surface area contributed by atoms with Crippen molar-refractivity contribution in [2.45, 2.75) is 38.8 Å². The van der Waals surface area contributed by atoms with E-state index in [1.165, 1.54) is 25.3 Å². The van der Waals surface area contributed by atoms with Crippen LogP contribution in [-0.2, 0) is 6.18 Å². The van der Waals surface area contributed by atoms with Crippen LogP contribution in [0.1, 0.15) is 48.5 Å². The van der Waals surface area contributed by atoms with Gasteiger partial charge in [-0.05, 0) is 54.2 Å². The number of anilines is 1. The number of halogens is 3. The summed E-state index contributed by atoms with van der Waals surface area (Å²) in [6, 6.07) is 3.27. The minimum Gasteiger partial charge on any atom is -0.370 e. The molecule has 25 heavy (non-hydrogen) atoms. The van der Waals surface area contributed by atoms with Crippen molar-refractivity contribution < 1.29 is 18.0 Å². The van der Waals surface area contributed by atoms with Crippen LogP contribution < -0.4 is 10.6 Å². The molecule has 2 aliphatic carbocycles. The van der Waals surface area contributed by atoms with E-state index in [4.69, 9.17) is 5.73 Å². The molecule has 2 saturated carbocycles. The molecule has 0 bridgehead atoms. The largest absolute Gasteiger partial charge is 0.416 e. The van der Waals surface area contributed by atoms with E-state index in [1.807, 2.05) is 4.90 Å². The molecule has 1 heterocycles. The number of nitrogens with two attached hydrogens (primary N) is 1. The van der Waals surface area contributed by atoms with Crippen molar-refractivity contribution in [2.24, 2.45) is 28.9 Å². The van der Waals surface area contributed by atoms with Gasteiger partial charge in [0.1, 0.15) is 0 Å². The van der Waals surface area contributed by atoms with E-state index in [-0.39, 0.29) is 11.0 Å². The number of carbonyl (C=O) groups excluding carboxylic acids is 1. The van der Waals surface area contributed by atoms with Crippen LogP contribution in [0.3, 0.4) is 0 Å². The molecule has 136 valence electrons. The zero-order valence-electron chi connectivity index (χ0n) is 14.3. The Bertz CT molecular complexity index is 717. The zero-order valence-corrected chi connectivity index (χ0v) is 14.3. The lowest BCUT2D eigenvalue weighted by molar-refractivity contribution is -0.137. The molecule has 0 aromatic heterocycles. The van der Waals surface area contributed by atoms with Gasteiger partial charge in [-0.1, -0.05) is 19.8 Å². The highest BCUT2D eigenvalue weighted by molar-refractivity contribution is 5.99. The molecule has 4 rings (SSSR count). The third-order valence-electron chi connectivity index (χ3n) is 6.99. The highest BCUT2D eigenvalue weighted by atomic mass is 19.4. The molecule has 0 radical (unpaired) electrons. The van der Waals surface area contributed by atoms with E-state index in [2.05, 4.69) is 6.92 Å². The predicted octanol–water partition coefficient (Wildman–Crippen LogP) is 4.07. The average Bonchev–Trinajstić information content (AvgIpc) is 2.87. The summed E-state index contributed by atoms with van der Waals surface area (Å²) in [4.78, 5) is 13.8. The van der Waals surface area contributed by atoms with Crippen LogP contribution >= 0.6 is 0 Å². The molecule has 1 aliphatic heterocycles. The summed E-state index contributed by atoms with van der Waals surface area (Å²) < 4.78 is 39.4. The summed E-state index contributed by atoms with van der Waals surface area (Å²) in [6.07, 6.45) is 0.381. The molecule has 1 amide bonds. The van der Waals surface area contributed by atoms with Gasteiger partial charge in [0.05, 0.1) is 16.8 Å². The fourth-order valence-electron chi connectivity index (χ4n) is 5.90. The monoisotopic (exact) mass is 352 g/mol. The number of hydrogen-bond donors (Lipinski definition) is 1. The second-order valence-corrected chi connectivity index (χ2v) is 8.03. The van der Waals surface area contributed by atoms with E-state index >= 15 is 0 Å². The molecule has 3 fully saturated rings. The van der Waals surface area contributed by atoms with E-state index < -0.39 is 17.6 Å². The average molecular weight is 352 g/mol. The van der Waals surface area contributed by atoms with Gasteiger partial charge in [-0.15, -0.1) is 0 Å². The fraction of sp³-hybridized carbons (Fsp3) is 0.632. The van der Waals surface area contributed by atoms with Gasteiger partial charge in [-0.2, -0.15) is 13.2 Å². The topological polar surface area (TPSA) is 46.3 Å². The SMILES string of the molecule is CC1C2CCCCC23CN(c2cc(C(F)(F)F)ccc2C(N)=O)CC13. The summed E-state index contributed by atoms with van der Waals surface area (Å²) in [5.41, 5.74) is 5.47. The normalized spacial score (nSPS) is 34.2. The maximum Gasteiger partial charge on any atom is 0.416 e. The Morgan fingerprint density at radius 2 is 2.04 bits per heavy atom. The highest BCUT2D eigenvalue weighted by Crippen LogP contribution is 2.66. The van der Waals surface area contributed by atoms with Gasteiger partial charge in [-0.25, -0.2) is 0 Å². The Labute approximate surface area is 145 Å². The van der Waals surface area contributed by atoms with Gasteiger partial charge in [0.15, 0.2) is 0 Å². The van der Waals surface area contributed by atoms with Crippen molar-refractivity contribution in [3.63, 3.8) is 0 Å². The number of primary amides is 1. The standard InChI is InChI=1S/C19H23F3N2O/c1-11-14-4-2-3-7-18(14)10-24(9-15(11)18)16-8-12(19(20,21)22)5-6-13(16)17(23)25/h5-6,8,11,14-15H,2-4,7,9-10H2,1H3,(H2,23,25). The lowest BCUT2D eigenvalue weighted by atomic mass is 9.44. The van der Waals surface area contributed by atoms with Crippen molar-refractivity contribution in [3.8, 4) is 0 Å². The molecular formula is C19H23F3N2O. The number of nitrogens with zero attached hydrogens (tertiary/aromatic N) is 1. The van der Waals surface area contributed by atoms with E-state index in [1.54, 1.807) is 0 Å². The Morgan fingerprint density at radius 1 is 1.28 bits per heavy atom. The molecule has 1 spiro atoms. The maximum atomic E-state index is 13.1. The second-order valence-electron chi connectivity index (χ2n) is 8.03. The molecule has 1 aromatic carbocycles. The molecular weight excluding hydrogens is 329 g/mol. The maximum absolute atomic E-state index is 13.1. The third kappa shape index (κ3) is 2.36. The lowest BCUT2D eigenvalue weighted by Gasteiger charge is -2.59. The van der Waals surface area contributed by atoms with Crippen LogP contribution in [0.4, 0.5) is 18.9 Å². The molecule has 2 N–H and O–H groups in total. The van der Waals surface area contributed by atoms with Gasteiger partial charge >= 0.3 is 6.18 Å². The lowest BCUT2D eigenvalue weighted by Crippen LogP contribution is -2.56. The molecule has 6 heteroatoms. The van der Waals surface area contributed by atoms with Gasteiger partial charge in [0, 0.05) is 13.1 Å². The summed E-state index contributed by atoms with van der Waals surface area (Å²) in [6.45, 7) is 3.73. The van der Waals surface area contributed by atoms with Crippen LogP contribution in [0, 0.1) is 23.2 Å². The number of amides is 1. The Hall–Kier alpha value is -1.72. The van der Waals surface area contributed by atoms with Gasteiger partial charge in [-0.3, -0.25) is 4.79 Å². The molecule has 4 unspecified atom stereocenters. The third-order valence-corrected chi connectivity index (χ3v) is 6.99. The highest BCUT2D eigenvalue weighted by Gasteiger charge is 2.64. The van der Waals surface area contributed by atoms with Gasteiger partial charge in [0.2, 0.25) is 0 Å². The smallest absolute Gasteiger partial charge is 0.370 e. The first kappa shape index (κ1) is 16.7. The van der Waals surface area contributed by atoms with Gasteiger partial charge < -0.3 is 10.6 Å². The molecule has 3 aliphatic rings. The van der Waals surface area contributed by atoms with Crippen LogP contribution in [0.15, 0.2) is 18.2 Å².